The van der Waals surface area contributed by atoms with Crippen molar-refractivity contribution in [2.75, 3.05) is 7.11 Å². The maximum absolute atomic E-state index is 11.0. The van der Waals surface area contributed by atoms with E-state index in [2.05, 4.69) is 4.74 Å². The summed E-state index contributed by atoms with van der Waals surface area (Å²) in [5.41, 5.74) is 0. The van der Waals surface area contributed by atoms with Gasteiger partial charge < -0.3 is 4.74 Å². The molecule has 0 aliphatic heterocycles. The van der Waals surface area contributed by atoms with Crippen LogP contribution >= 0.6 is 0 Å². The fourth-order valence-electron chi connectivity index (χ4n) is 1.04. The molecule has 1 aliphatic carbocycles. The van der Waals surface area contributed by atoms with Gasteiger partial charge in [0.2, 0.25) is 0 Å². The van der Waals surface area contributed by atoms with Gasteiger partial charge >= 0.3 is 5.97 Å². The van der Waals surface area contributed by atoms with Gasteiger partial charge in [-0.05, 0) is 12.8 Å². The van der Waals surface area contributed by atoms with Gasteiger partial charge in [-0.25, -0.2) is 0 Å². The Balaban J connectivity index is 2.61. The lowest BCUT2D eigenvalue weighted by atomic mass is 10.1. The van der Waals surface area contributed by atoms with Crippen LogP contribution in [0.25, 0.3) is 0 Å². The maximum Gasteiger partial charge on any atom is 0.316 e. The van der Waals surface area contributed by atoms with Gasteiger partial charge in [-0.2, -0.15) is 0 Å². The predicted octanol–water partition coefficient (Wildman–Crippen LogP) is 1.68. The van der Waals surface area contributed by atoms with E-state index in [1.165, 1.54) is 7.11 Å². The van der Waals surface area contributed by atoms with Crippen LogP contribution in [-0.2, 0) is 9.53 Å². The first-order valence-corrected chi connectivity index (χ1v) is 3.76. The van der Waals surface area contributed by atoms with Crippen molar-refractivity contribution in [3.8, 4) is 0 Å². The second kappa shape index (κ2) is 3.96. The molecule has 2 heteroatoms. The number of carbonyl (C=O) groups is 1. The van der Waals surface area contributed by atoms with Crippen LogP contribution in [0.2, 0.25) is 0 Å². The predicted molar refractivity (Wildman–Crippen MR) is 43.0 cm³/mol. The van der Waals surface area contributed by atoms with Crippen LogP contribution in [0, 0.1) is 5.92 Å². The third-order valence-electron chi connectivity index (χ3n) is 1.66. The third-order valence-corrected chi connectivity index (χ3v) is 1.66. The van der Waals surface area contributed by atoms with E-state index in [0.29, 0.717) is 0 Å². The van der Waals surface area contributed by atoms with E-state index in [1.54, 1.807) is 0 Å². The Morgan fingerprint density at radius 3 is 2.36 bits per heavy atom. The highest BCUT2D eigenvalue weighted by Crippen LogP contribution is 2.10. The number of ether oxygens (including phenoxy) is 1. The van der Waals surface area contributed by atoms with Crippen LogP contribution < -0.4 is 0 Å². The first-order valence-electron chi connectivity index (χ1n) is 3.76. The first-order chi connectivity index (χ1) is 5.34. The molecule has 1 aliphatic rings. The van der Waals surface area contributed by atoms with Crippen LogP contribution in [0.5, 0.6) is 0 Å². The van der Waals surface area contributed by atoms with Crippen LogP contribution in [0.15, 0.2) is 24.3 Å². The summed E-state index contributed by atoms with van der Waals surface area (Å²) in [5, 5.41) is 0. The number of carbonyl (C=O) groups excluding carboxylic acids is 1. The maximum atomic E-state index is 11.0. The Bertz CT molecular complexity index is 178. The molecule has 0 saturated carbocycles. The lowest BCUT2D eigenvalue weighted by Gasteiger charge is -2.02. The van der Waals surface area contributed by atoms with Crippen LogP contribution in [0.4, 0.5) is 0 Å². The molecular weight excluding hydrogens is 140 g/mol. The Morgan fingerprint density at radius 2 is 1.91 bits per heavy atom. The molecule has 0 aromatic carbocycles. The molecule has 0 atom stereocenters. The van der Waals surface area contributed by atoms with Gasteiger partial charge in [0.15, 0.2) is 0 Å². The summed E-state index contributed by atoms with van der Waals surface area (Å²) in [6.45, 7) is 0. The zero-order chi connectivity index (χ0) is 8.10. The van der Waals surface area contributed by atoms with Gasteiger partial charge in [-0.1, -0.05) is 24.3 Å². The van der Waals surface area contributed by atoms with E-state index in [9.17, 15) is 4.79 Å². The van der Waals surface area contributed by atoms with E-state index in [4.69, 9.17) is 0 Å². The van der Waals surface area contributed by atoms with Crippen molar-refractivity contribution >= 4 is 5.97 Å². The molecule has 0 radical (unpaired) electrons. The molecule has 0 aromatic rings. The fourth-order valence-corrected chi connectivity index (χ4v) is 1.04. The van der Waals surface area contributed by atoms with Crippen molar-refractivity contribution < 1.29 is 9.53 Å². The van der Waals surface area contributed by atoms with Gasteiger partial charge in [-0.3, -0.25) is 4.79 Å². The summed E-state index contributed by atoms with van der Waals surface area (Å²) >= 11 is 0. The summed E-state index contributed by atoms with van der Waals surface area (Å²) in [4.78, 5) is 11.0. The topological polar surface area (TPSA) is 26.3 Å². The van der Waals surface area contributed by atoms with Gasteiger partial charge in [-0.15, -0.1) is 0 Å². The molecule has 0 amide bonds. The first kappa shape index (κ1) is 8.05. The second-order valence-electron chi connectivity index (χ2n) is 2.48. The summed E-state index contributed by atoms with van der Waals surface area (Å²) in [6, 6.07) is 0. The molecule has 0 spiro atoms. The van der Waals surface area contributed by atoms with Crippen molar-refractivity contribution in [2.24, 2.45) is 5.92 Å². The Kier molecular flexibility index (Phi) is 2.90. The molecule has 0 bridgehead atoms. The molecule has 0 fully saturated rings. The number of rotatable bonds is 1. The molecule has 0 heterocycles. The summed E-state index contributed by atoms with van der Waals surface area (Å²) in [5.74, 6) is -0.345. The number of esters is 1. The number of methoxy groups -OCH3 is 1. The minimum absolute atomic E-state index is 0.164. The lowest BCUT2D eigenvalue weighted by molar-refractivity contribution is -0.142. The molecule has 1 rings (SSSR count). The highest BCUT2D eigenvalue weighted by molar-refractivity contribution is 5.76. The smallest absolute Gasteiger partial charge is 0.316 e. The monoisotopic (exact) mass is 152 g/mol. The SMILES string of the molecule is COC(=O)C1C=CCCC=C1. The van der Waals surface area contributed by atoms with Crippen molar-refractivity contribution in [3.63, 3.8) is 0 Å². The van der Waals surface area contributed by atoms with Crippen LogP contribution in [0.3, 0.4) is 0 Å². The van der Waals surface area contributed by atoms with E-state index in [-0.39, 0.29) is 11.9 Å². The van der Waals surface area contributed by atoms with Gasteiger partial charge in [0.1, 0.15) is 0 Å². The fraction of sp³-hybridized carbons (Fsp3) is 0.444. The number of allylic oxidation sites excluding steroid dienone is 2. The van der Waals surface area contributed by atoms with Gasteiger partial charge in [0, 0.05) is 0 Å². The minimum Gasteiger partial charge on any atom is -0.468 e. The highest BCUT2D eigenvalue weighted by atomic mass is 16.5. The zero-order valence-electron chi connectivity index (χ0n) is 6.62. The zero-order valence-corrected chi connectivity index (χ0v) is 6.62. The average molecular weight is 152 g/mol. The Labute approximate surface area is 66.5 Å². The Hall–Kier alpha value is -1.05. The van der Waals surface area contributed by atoms with Crippen molar-refractivity contribution in [3.05, 3.63) is 24.3 Å². The lowest BCUT2D eigenvalue weighted by Crippen LogP contribution is -2.10. The van der Waals surface area contributed by atoms with Crippen molar-refractivity contribution in [2.45, 2.75) is 12.8 Å². The Morgan fingerprint density at radius 1 is 1.36 bits per heavy atom. The standard InChI is InChI=1S/C9H12O2/c1-11-9(10)8-6-4-2-3-5-7-8/h4-8H,2-3H2,1H3. The van der Waals surface area contributed by atoms with E-state index in [0.717, 1.165) is 12.8 Å². The van der Waals surface area contributed by atoms with Gasteiger partial charge in [0.05, 0.1) is 13.0 Å². The summed E-state index contributed by atoms with van der Waals surface area (Å²) < 4.78 is 4.60. The number of hydrogen-bond donors (Lipinski definition) is 0. The summed E-state index contributed by atoms with van der Waals surface area (Å²) in [6.07, 6.45) is 9.84. The van der Waals surface area contributed by atoms with Crippen molar-refractivity contribution in [1.29, 1.82) is 0 Å². The van der Waals surface area contributed by atoms with Crippen LogP contribution in [0.1, 0.15) is 12.8 Å². The molecule has 60 valence electrons. The summed E-state index contributed by atoms with van der Waals surface area (Å²) in [7, 11) is 1.41. The number of hydrogen-bond acceptors (Lipinski definition) is 2. The molecular formula is C9H12O2. The van der Waals surface area contributed by atoms with Gasteiger partial charge in [0.25, 0.3) is 0 Å². The highest BCUT2D eigenvalue weighted by Gasteiger charge is 2.12. The molecule has 0 saturated heterocycles. The average Bonchev–Trinajstić information content (AvgIpc) is 2.30. The van der Waals surface area contributed by atoms with E-state index < -0.39 is 0 Å². The molecule has 0 N–H and O–H groups in total. The molecule has 11 heavy (non-hydrogen) atoms. The van der Waals surface area contributed by atoms with E-state index in [1.807, 2.05) is 24.3 Å². The van der Waals surface area contributed by atoms with E-state index >= 15 is 0 Å². The minimum atomic E-state index is -0.181. The normalized spacial score (nSPS) is 17.9. The molecule has 0 aromatic heterocycles. The molecule has 0 unspecified atom stereocenters. The van der Waals surface area contributed by atoms with Crippen LogP contribution in [-0.4, -0.2) is 13.1 Å². The molecule has 2 nitrogen and oxygen atoms in total. The quantitative estimate of drug-likeness (QED) is 0.422. The second-order valence-corrected chi connectivity index (χ2v) is 2.48. The largest absolute Gasteiger partial charge is 0.468 e. The van der Waals surface area contributed by atoms with Crippen molar-refractivity contribution in [1.82, 2.24) is 0 Å². The third kappa shape index (κ3) is 2.22.